The van der Waals surface area contributed by atoms with Gasteiger partial charge in [-0.1, -0.05) is 18.1 Å². The lowest BCUT2D eigenvalue weighted by atomic mass is 10.0. The second kappa shape index (κ2) is 16.1. The summed E-state index contributed by atoms with van der Waals surface area (Å²) >= 11 is 1.15. The number of aromatic nitrogens is 1. The van der Waals surface area contributed by atoms with Crippen LogP contribution in [-0.2, 0) is 14.8 Å². The van der Waals surface area contributed by atoms with Crippen LogP contribution in [-0.4, -0.2) is 91.4 Å². The lowest BCUT2D eigenvalue weighted by Gasteiger charge is -2.35. The average Bonchev–Trinajstić information content (AvgIpc) is 3.69. The molecule has 0 fully saturated rings. The van der Waals surface area contributed by atoms with Gasteiger partial charge in [-0.05, 0) is 76.6 Å². The molecule has 0 unspecified atom stereocenters. The first-order chi connectivity index (χ1) is 22.3. The number of aliphatic hydroxyl groups is 1. The van der Waals surface area contributed by atoms with Crippen LogP contribution in [0, 0.1) is 19.8 Å². The number of amides is 3. The highest BCUT2D eigenvalue weighted by Gasteiger charge is 2.32. The molecule has 13 nitrogen and oxygen atoms in total. The first-order valence-electron chi connectivity index (χ1n) is 15.7. The van der Waals surface area contributed by atoms with Crippen molar-refractivity contribution in [1.82, 2.24) is 14.4 Å². The quantitative estimate of drug-likeness (QED) is 0.291. The van der Waals surface area contributed by atoms with E-state index in [1.54, 1.807) is 61.4 Å². The number of likely N-dealkylation sites (N-methyl/N-ethyl adjacent to an activating group) is 1. The number of carbonyl (C=O) groups excluding carboxylic acids is 2. The number of sulfonamides is 1. The molecule has 3 aromatic rings. The lowest BCUT2D eigenvalue weighted by Crippen LogP contribution is -2.48. The summed E-state index contributed by atoms with van der Waals surface area (Å²) in [7, 11) is -2.19. The third-order valence-electron chi connectivity index (χ3n) is 8.18. The molecule has 0 bridgehead atoms. The number of hydrogen-bond donors (Lipinski definition) is 3. The smallest absolute Gasteiger partial charge is 0.323 e. The second-order valence-electron chi connectivity index (χ2n) is 12.0. The second-order valence-corrected chi connectivity index (χ2v) is 15.2. The highest BCUT2D eigenvalue weighted by molar-refractivity contribution is 7.91. The number of nitrogens with one attached hydrogen (secondary N) is 2. The Morgan fingerprint density at radius 2 is 1.98 bits per heavy atom. The number of aliphatic hydroxyl groups excluding tert-OH is 1. The minimum Gasteiger partial charge on any atom is -0.490 e. The molecule has 2 aromatic heterocycles. The molecule has 1 aliphatic rings. The normalized spacial score (nSPS) is 20.6. The van der Waals surface area contributed by atoms with Gasteiger partial charge in [-0.2, -0.15) is 4.31 Å². The molecule has 258 valence electrons. The Balaban J connectivity index is 1.63. The van der Waals surface area contributed by atoms with Crippen molar-refractivity contribution in [3.63, 3.8) is 0 Å². The number of anilines is 2. The fraction of sp³-hybridized carbons (Fsp3) is 0.531. The number of ether oxygens (including phenoxy) is 2. The molecule has 3 heterocycles. The van der Waals surface area contributed by atoms with Gasteiger partial charge in [-0.3, -0.25) is 4.79 Å². The number of urea groups is 1. The van der Waals surface area contributed by atoms with E-state index in [0.717, 1.165) is 24.2 Å². The van der Waals surface area contributed by atoms with E-state index in [1.165, 1.54) is 11.4 Å². The van der Waals surface area contributed by atoms with Gasteiger partial charge in [0.1, 0.15) is 21.3 Å². The van der Waals surface area contributed by atoms with Crippen LogP contribution >= 0.6 is 11.3 Å². The number of fused-ring (bicyclic) bond motifs is 1. The minimum absolute atomic E-state index is 0.0847. The van der Waals surface area contributed by atoms with Gasteiger partial charge >= 0.3 is 6.03 Å². The molecule has 0 aliphatic carbocycles. The molecule has 0 saturated carbocycles. The molecule has 47 heavy (non-hydrogen) atoms. The third kappa shape index (κ3) is 9.11. The molecule has 3 amide bonds. The maximum absolute atomic E-state index is 14.3. The van der Waals surface area contributed by atoms with E-state index >= 15 is 0 Å². The highest BCUT2D eigenvalue weighted by Crippen LogP contribution is 2.29. The van der Waals surface area contributed by atoms with Gasteiger partial charge in [-0.15, -0.1) is 11.3 Å². The minimum atomic E-state index is -3.72. The fourth-order valence-electron chi connectivity index (χ4n) is 5.32. The van der Waals surface area contributed by atoms with Crippen molar-refractivity contribution in [2.75, 3.05) is 44.0 Å². The van der Waals surface area contributed by atoms with E-state index in [2.05, 4.69) is 15.8 Å². The number of rotatable bonds is 8. The van der Waals surface area contributed by atoms with Gasteiger partial charge in [0.2, 0.25) is 0 Å². The summed E-state index contributed by atoms with van der Waals surface area (Å²) in [5, 5.41) is 21.3. The van der Waals surface area contributed by atoms with Gasteiger partial charge in [0.25, 0.3) is 15.9 Å². The van der Waals surface area contributed by atoms with E-state index in [-0.39, 0.29) is 41.5 Å². The molecule has 0 spiro atoms. The van der Waals surface area contributed by atoms with Crippen molar-refractivity contribution in [2.45, 2.75) is 76.3 Å². The van der Waals surface area contributed by atoms with Gasteiger partial charge in [-0.25, -0.2) is 13.2 Å². The summed E-state index contributed by atoms with van der Waals surface area (Å²) in [5.74, 6) is 0.0847. The van der Waals surface area contributed by atoms with Gasteiger partial charge in [0.05, 0.1) is 30.4 Å². The average molecular weight is 692 g/mol. The van der Waals surface area contributed by atoms with Gasteiger partial charge < -0.3 is 34.6 Å². The molecule has 4 atom stereocenters. The molecule has 3 N–H and O–H groups in total. The molecular weight excluding hydrogens is 647 g/mol. The van der Waals surface area contributed by atoms with Crippen LogP contribution in [0.15, 0.2) is 44.4 Å². The lowest BCUT2D eigenvalue weighted by molar-refractivity contribution is -0.00832. The molecule has 4 rings (SSSR count). The molecule has 1 aromatic carbocycles. The summed E-state index contributed by atoms with van der Waals surface area (Å²) in [6.45, 7) is 9.33. The van der Waals surface area contributed by atoms with Crippen molar-refractivity contribution in [2.24, 2.45) is 5.92 Å². The summed E-state index contributed by atoms with van der Waals surface area (Å²) in [5.41, 5.74) is 1.55. The Labute approximate surface area is 280 Å². The van der Waals surface area contributed by atoms with Crippen molar-refractivity contribution in [3.05, 3.63) is 52.7 Å². The van der Waals surface area contributed by atoms with E-state index in [9.17, 15) is 23.1 Å². The van der Waals surface area contributed by atoms with Crippen molar-refractivity contribution in [3.8, 4) is 5.75 Å². The molecule has 0 radical (unpaired) electrons. The number of benzene rings is 1. The maximum Gasteiger partial charge on any atom is 0.323 e. The predicted molar refractivity (Wildman–Crippen MR) is 180 cm³/mol. The zero-order valence-electron chi connectivity index (χ0n) is 27.7. The Morgan fingerprint density at radius 1 is 1.21 bits per heavy atom. The fourth-order valence-corrected chi connectivity index (χ4v) is 7.70. The molecule has 0 saturated heterocycles. The molecule has 15 heteroatoms. The predicted octanol–water partition coefficient (Wildman–Crippen LogP) is 5.11. The van der Waals surface area contributed by atoms with E-state index in [4.69, 9.17) is 14.0 Å². The Hall–Kier alpha value is -3.50. The SMILES string of the molecule is Cc1noc(C)c1NC(=O)Nc1ccc2c(c1)C(=O)N([C@H](C)CO)C[C@H](C)[C@@H](CN(C)S(=O)(=O)c1cccs1)OCCCC[C@@H](C)O2. The maximum atomic E-state index is 14.3. The molecular formula is C32H45N5O8S2. The summed E-state index contributed by atoms with van der Waals surface area (Å²) < 4.78 is 45.7. The van der Waals surface area contributed by atoms with E-state index in [1.807, 2.05) is 13.8 Å². The third-order valence-corrected chi connectivity index (χ3v) is 11.4. The van der Waals surface area contributed by atoms with Crippen molar-refractivity contribution < 1.29 is 37.1 Å². The number of nitrogens with zero attached hydrogens (tertiary/aromatic N) is 3. The number of thiophene rings is 1. The van der Waals surface area contributed by atoms with Crippen molar-refractivity contribution in [1.29, 1.82) is 0 Å². The van der Waals surface area contributed by atoms with Crippen LogP contribution in [0.3, 0.4) is 0 Å². The first-order valence-corrected chi connectivity index (χ1v) is 18.0. The van der Waals surface area contributed by atoms with Crippen LogP contribution in [0.1, 0.15) is 61.8 Å². The van der Waals surface area contributed by atoms with E-state index < -0.39 is 34.1 Å². The Bertz CT molecular complexity index is 1590. The van der Waals surface area contributed by atoms with Crippen LogP contribution in [0.25, 0.3) is 0 Å². The number of aryl methyl sites for hydroxylation is 2. The Morgan fingerprint density at radius 3 is 2.64 bits per heavy atom. The topological polar surface area (TPSA) is 164 Å². The zero-order chi connectivity index (χ0) is 34.3. The standard InChI is InChI=1S/C32H45N5O8S2/c1-20-17-37(21(2)19-38)31(39)26-16-25(33-32(40)34-30-23(4)35-45-24(30)5)12-13-27(26)44-22(3)10-7-8-14-43-28(20)18-36(6)47(41,42)29-11-9-15-46-29/h9,11-13,15-16,20-22,28,38H,7-8,10,14,17-19H2,1-6H3,(H2,33,34,40)/t20-,21+,22+,28+/m0/s1. The van der Waals surface area contributed by atoms with Crippen molar-refractivity contribution >= 4 is 44.7 Å². The summed E-state index contributed by atoms with van der Waals surface area (Å²) in [4.78, 5) is 28.8. The highest BCUT2D eigenvalue weighted by atomic mass is 32.2. The van der Waals surface area contributed by atoms with E-state index in [0.29, 0.717) is 41.6 Å². The monoisotopic (exact) mass is 691 g/mol. The number of carbonyl (C=O) groups is 2. The van der Waals surface area contributed by atoms with Crippen LogP contribution < -0.4 is 15.4 Å². The van der Waals surface area contributed by atoms with Gasteiger partial charge in [0, 0.05) is 38.3 Å². The Kier molecular flexibility index (Phi) is 12.4. The summed E-state index contributed by atoms with van der Waals surface area (Å²) in [6.07, 6.45) is 1.47. The number of hydrogen-bond acceptors (Lipinski definition) is 10. The zero-order valence-corrected chi connectivity index (χ0v) is 29.3. The largest absolute Gasteiger partial charge is 0.490 e. The van der Waals surface area contributed by atoms with Crippen LogP contribution in [0.4, 0.5) is 16.2 Å². The first kappa shape index (κ1) is 36.3. The van der Waals surface area contributed by atoms with Crippen LogP contribution in [0.5, 0.6) is 5.75 Å². The van der Waals surface area contributed by atoms with Crippen LogP contribution in [0.2, 0.25) is 0 Å². The summed E-state index contributed by atoms with van der Waals surface area (Å²) in [6, 6.07) is 7.00. The van der Waals surface area contributed by atoms with Gasteiger partial charge in [0.15, 0.2) is 5.76 Å². The molecule has 1 aliphatic heterocycles.